The second kappa shape index (κ2) is 5.16. The molecule has 1 unspecified atom stereocenters. The smallest absolute Gasteiger partial charge is 0.0123 e. The first kappa shape index (κ1) is 10.5. The van der Waals surface area contributed by atoms with Crippen LogP contribution in [0.5, 0.6) is 0 Å². The number of rotatable bonds is 5. The van der Waals surface area contributed by atoms with Gasteiger partial charge in [-0.1, -0.05) is 26.2 Å². The van der Waals surface area contributed by atoms with Gasteiger partial charge in [-0.05, 0) is 51.1 Å². The van der Waals surface area contributed by atoms with Crippen molar-refractivity contribution in [2.75, 3.05) is 13.1 Å². The molecule has 14 heavy (non-hydrogen) atoms. The molecule has 1 heterocycles. The first-order chi connectivity index (χ1) is 6.92. The zero-order chi connectivity index (χ0) is 9.80. The van der Waals surface area contributed by atoms with Crippen molar-refractivity contribution in [1.82, 2.24) is 4.90 Å². The lowest BCUT2D eigenvalue weighted by atomic mass is 9.77. The van der Waals surface area contributed by atoms with Crippen molar-refractivity contribution in [3.05, 3.63) is 6.92 Å². The molecule has 0 aromatic rings. The van der Waals surface area contributed by atoms with E-state index in [0.29, 0.717) is 0 Å². The average molecular weight is 194 g/mol. The molecular weight excluding hydrogens is 170 g/mol. The van der Waals surface area contributed by atoms with Crippen LogP contribution in [0.1, 0.15) is 51.4 Å². The summed E-state index contributed by atoms with van der Waals surface area (Å²) in [6.07, 6.45) is 11.2. The van der Waals surface area contributed by atoms with Gasteiger partial charge in [-0.25, -0.2) is 0 Å². The molecule has 0 amide bonds. The summed E-state index contributed by atoms with van der Waals surface area (Å²) in [7, 11) is 0. The summed E-state index contributed by atoms with van der Waals surface area (Å²) in [6, 6.07) is 0.924. The Morgan fingerprint density at radius 2 is 1.86 bits per heavy atom. The van der Waals surface area contributed by atoms with Crippen molar-refractivity contribution in [3.8, 4) is 0 Å². The Balaban J connectivity index is 1.83. The number of nitrogens with zero attached hydrogens (tertiary/aromatic N) is 1. The summed E-state index contributed by atoms with van der Waals surface area (Å²) in [5.74, 6) is 1.04. The molecule has 1 saturated heterocycles. The Kier molecular flexibility index (Phi) is 3.86. The van der Waals surface area contributed by atoms with E-state index in [2.05, 4.69) is 11.8 Å². The molecule has 1 atom stereocenters. The maximum Gasteiger partial charge on any atom is 0.0123 e. The van der Waals surface area contributed by atoms with Gasteiger partial charge in [-0.15, -0.1) is 0 Å². The van der Waals surface area contributed by atoms with Crippen molar-refractivity contribution < 1.29 is 0 Å². The third-order valence-corrected chi connectivity index (χ3v) is 4.05. The van der Waals surface area contributed by atoms with Gasteiger partial charge < -0.3 is 4.90 Å². The maximum atomic E-state index is 3.97. The third-order valence-electron chi connectivity index (χ3n) is 4.05. The van der Waals surface area contributed by atoms with E-state index in [1.165, 1.54) is 58.0 Å². The van der Waals surface area contributed by atoms with Crippen LogP contribution in [0.4, 0.5) is 0 Å². The molecule has 1 aliphatic heterocycles. The van der Waals surface area contributed by atoms with Crippen LogP contribution in [-0.4, -0.2) is 24.0 Å². The lowest BCUT2D eigenvalue weighted by molar-refractivity contribution is 0.108. The lowest BCUT2D eigenvalue weighted by Gasteiger charge is -2.39. The van der Waals surface area contributed by atoms with E-state index in [1.807, 2.05) is 0 Å². The predicted octanol–water partition coefficient (Wildman–Crippen LogP) is 3.26. The minimum atomic E-state index is 0.924. The molecule has 0 spiro atoms. The molecule has 1 saturated carbocycles. The number of likely N-dealkylation sites (tertiary alicyclic amines) is 1. The van der Waals surface area contributed by atoms with Crippen LogP contribution in [0, 0.1) is 12.8 Å². The Hall–Kier alpha value is -0.0400. The monoisotopic (exact) mass is 194 g/mol. The number of hydrogen-bond acceptors (Lipinski definition) is 1. The molecule has 0 aromatic carbocycles. The maximum absolute atomic E-state index is 3.97. The van der Waals surface area contributed by atoms with Gasteiger partial charge in [0.2, 0.25) is 0 Å². The number of unbranched alkanes of at least 4 members (excludes halogenated alkanes) is 1. The van der Waals surface area contributed by atoms with Gasteiger partial charge in [0.1, 0.15) is 0 Å². The molecule has 2 rings (SSSR count). The fourth-order valence-electron chi connectivity index (χ4n) is 2.97. The highest BCUT2D eigenvalue weighted by Crippen LogP contribution is 2.35. The molecule has 0 bridgehead atoms. The van der Waals surface area contributed by atoms with Crippen molar-refractivity contribution in [2.45, 2.75) is 57.4 Å². The molecule has 1 aliphatic carbocycles. The van der Waals surface area contributed by atoms with Gasteiger partial charge in [0.15, 0.2) is 0 Å². The highest BCUT2D eigenvalue weighted by molar-refractivity contribution is 4.86. The fourth-order valence-corrected chi connectivity index (χ4v) is 2.97. The quantitative estimate of drug-likeness (QED) is 0.649. The van der Waals surface area contributed by atoms with E-state index in [4.69, 9.17) is 0 Å². The molecule has 0 aromatic heterocycles. The van der Waals surface area contributed by atoms with E-state index in [0.717, 1.165) is 18.4 Å². The van der Waals surface area contributed by atoms with Gasteiger partial charge >= 0.3 is 0 Å². The molecule has 2 fully saturated rings. The second-order valence-corrected chi connectivity index (χ2v) is 5.00. The summed E-state index contributed by atoms with van der Waals surface area (Å²) in [5.41, 5.74) is 0. The zero-order valence-corrected chi connectivity index (χ0v) is 9.38. The summed E-state index contributed by atoms with van der Waals surface area (Å²) in [4.78, 5) is 2.76. The summed E-state index contributed by atoms with van der Waals surface area (Å²) in [6.45, 7) is 6.72. The lowest BCUT2D eigenvalue weighted by Crippen LogP contribution is -2.41. The van der Waals surface area contributed by atoms with E-state index in [1.54, 1.807) is 0 Å². The predicted molar refractivity (Wildman–Crippen MR) is 61.1 cm³/mol. The second-order valence-electron chi connectivity index (χ2n) is 5.00. The van der Waals surface area contributed by atoms with Crippen molar-refractivity contribution >= 4 is 0 Å². The van der Waals surface area contributed by atoms with E-state index in [-0.39, 0.29) is 0 Å². The Bertz CT molecular complexity index is 157. The van der Waals surface area contributed by atoms with E-state index >= 15 is 0 Å². The Morgan fingerprint density at radius 3 is 2.36 bits per heavy atom. The molecule has 81 valence electrons. The molecule has 0 N–H and O–H groups in total. The minimum Gasteiger partial charge on any atom is -0.300 e. The SMILES string of the molecule is [CH2]CCCC(C1CCC1)N1CCCC1. The first-order valence-corrected chi connectivity index (χ1v) is 6.45. The van der Waals surface area contributed by atoms with Crippen LogP contribution in [0.25, 0.3) is 0 Å². The van der Waals surface area contributed by atoms with Crippen LogP contribution < -0.4 is 0 Å². The van der Waals surface area contributed by atoms with E-state index < -0.39 is 0 Å². The fraction of sp³-hybridized carbons (Fsp3) is 0.923. The standard InChI is InChI=1S/C13H24N/c1-2-3-9-13(12-7-6-8-12)14-10-4-5-11-14/h12-13H,1-11H2. The molecular formula is C13H24N. The van der Waals surface area contributed by atoms with Gasteiger partial charge in [-0.3, -0.25) is 0 Å². The number of hydrogen-bond donors (Lipinski definition) is 0. The van der Waals surface area contributed by atoms with Crippen LogP contribution >= 0.6 is 0 Å². The van der Waals surface area contributed by atoms with Gasteiger partial charge in [0.05, 0.1) is 0 Å². The normalized spacial score (nSPS) is 26.4. The van der Waals surface area contributed by atoms with Crippen molar-refractivity contribution in [3.63, 3.8) is 0 Å². The topological polar surface area (TPSA) is 3.24 Å². The first-order valence-electron chi connectivity index (χ1n) is 6.45. The van der Waals surface area contributed by atoms with Crippen LogP contribution in [0.3, 0.4) is 0 Å². The molecule has 1 radical (unpaired) electrons. The largest absolute Gasteiger partial charge is 0.300 e. The van der Waals surface area contributed by atoms with Crippen molar-refractivity contribution in [1.29, 1.82) is 0 Å². The van der Waals surface area contributed by atoms with Crippen molar-refractivity contribution in [2.24, 2.45) is 5.92 Å². The van der Waals surface area contributed by atoms with Gasteiger partial charge in [0, 0.05) is 6.04 Å². The molecule has 2 aliphatic rings. The highest BCUT2D eigenvalue weighted by Gasteiger charge is 2.32. The molecule has 1 heteroatoms. The van der Waals surface area contributed by atoms with Crippen LogP contribution in [-0.2, 0) is 0 Å². The Morgan fingerprint density at radius 1 is 1.14 bits per heavy atom. The zero-order valence-electron chi connectivity index (χ0n) is 9.38. The highest BCUT2D eigenvalue weighted by atomic mass is 15.2. The van der Waals surface area contributed by atoms with Crippen LogP contribution in [0.15, 0.2) is 0 Å². The van der Waals surface area contributed by atoms with E-state index in [9.17, 15) is 0 Å². The average Bonchev–Trinajstić information content (AvgIpc) is 2.61. The van der Waals surface area contributed by atoms with Crippen LogP contribution in [0.2, 0.25) is 0 Å². The summed E-state index contributed by atoms with van der Waals surface area (Å²) in [5, 5.41) is 0. The van der Waals surface area contributed by atoms with Gasteiger partial charge in [0.25, 0.3) is 0 Å². The minimum absolute atomic E-state index is 0.924. The summed E-state index contributed by atoms with van der Waals surface area (Å²) >= 11 is 0. The molecule has 1 nitrogen and oxygen atoms in total. The Labute approximate surface area is 88.9 Å². The summed E-state index contributed by atoms with van der Waals surface area (Å²) < 4.78 is 0. The third kappa shape index (κ3) is 2.31. The van der Waals surface area contributed by atoms with Gasteiger partial charge in [-0.2, -0.15) is 0 Å².